The first-order valence-corrected chi connectivity index (χ1v) is 7.67. The Morgan fingerprint density at radius 2 is 1.78 bits per heavy atom. The van der Waals surface area contributed by atoms with Crippen LogP contribution in [0.5, 0.6) is 0 Å². The van der Waals surface area contributed by atoms with Crippen LogP contribution in [0.25, 0.3) is 0 Å². The van der Waals surface area contributed by atoms with E-state index in [1.807, 2.05) is 6.92 Å². The first-order valence-electron chi connectivity index (χ1n) is 6.19. The lowest BCUT2D eigenvalue weighted by Crippen LogP contribution is -2.43. The van der Waals surface area contributed by atoms with Crippen LogP contribution in [0.15, 0.2) is 29.2 Å². The first kappa shape index (κ1) is 13.5. The molecule has 1 fully saturated rings. The lowest BCUT2D eigenvalue weighted by Gasteiger charge is -2.24. The van der Waals surface area contributed by atoms with E-state index in [2.05, 4.69) is 4.72 Å². The van der Waals surface area contributed by atoms with Gasteiger partial charge in [0.15, 0.2) is 0 Å². The van der Waals surface area contributed by atoms with Crippen LogP contribution in [0.1, 0.15) is 38.2 Å². The zero-order valence-corrected chi connectivity index (χ0v) is 11.3. The van der Waals surface area contributed by atoms with Gasteiger partial charge in [0.2, 0.25) is 10.0 Å². The molecule has 4 nitrogen and oxygen atoms in total. The Balaban J connectivity index is 2.19. The molecule has 0 atom stereocenters. The van der Waals surface area contributed by atoms with Gasteiger partial charge in [0.25, 0.3) is 0 Å². The van der Waals surface area contributed by atoms with E-state index < -0.39 is 10.0 Å². The Morgan fingerprint density at radius 1 is 1.22 bits per heavy atom. The van der Waals surface area contributed by atoms with Crippen LogP contribution in [-0.4, -0.2) is 19.1 Å². The molecule has 1 aliphatic rings. The summed E-state index contributed by atoms with van der Waals surface area (Å²) in [5, 5.41) is 8.94. The van der Waals surface area contributed by atoms with Crippen molar-refractivity contribution in [2.45, 2.75) is 49.6 Å². The number of nitrogens with one attached hydrogen (secondary N) is 1. The van der Waals surface area contributed by atoms with Crippen LogP contribution in [0.2, 0.25) is 0 Å². The topological polar surface area (TPSA) is 66.4 Å². The number of hydrogen-bond acceptors (Lipinski definition) is 3. The number of sulfonamides is 1. The minimum absolute atomic E-state index is 0.0779. The highest BCUT2D eigenvalue weighted by Crippen LogP contribution is 2.30. The average Bonchev–Trinajstić information content (AvgIpc) is 2.75. The number of aliphatic hydroxyl groups is 1. The Hall–Kier alpha value is -0.910. The van der Waals surface area contributed by atoms with Crippen LogP contribution in [0.4, 0.5) is 0 Å². The molecular formula is C13H19NO3S. The molecule has 0 spiro atoms. The van der Waals surface area contributed by atoms with Gasteiger partial charge >= 0.3 is 0 Å². The van der Waals surface area contributed by atoms with E-state index in [0.29, 0.717) is 5.56 Å². The molecule has 1 saturated carbocycles. The van der Waals surface area contributed by atoms with Crippen LogP contribution in [-0.2, 0) is 16.6 Å². The molecule has 100 valence electrons. The molecule has 0 bridgehead atoms. The zero-order chi connectivity index (χ0) is 13.2. The van der Waals surface area contributed by atoms with E-state index >= 15 is 0 Å². The quantitative estimate of drug-likeness (QED) is 0.875. The minimum atomic E-state index is -3.46. The molecule has 0 amide bonds. The number of rotatable bonds is 4. The normalized spacial score (nSPS) is 19.0. The van der Waals surface area contributed by atoms with E-state index in [-0.39, 0.29) is 17.0 Å². The Morgan fingerprint density at radius 3 is 2.28 bits per heavy atom. The molecule has 0 radical (unpaired) electrons. The Labute approximate surface area is 108 Å². The molecule has 0 aromatic heterocycles. The molecular weight excluding hydrogens is 250 g/mol. The van der Waals surface area contributed by atoms with Gasteiger partial charge in [-0.3, -0.25) is 0 Å². The van der Waals surface area contributed by atoms with E-state index in [1.165, 1.54) is 12.1 Å². The monoisotopic (exact) mass is 269 g/mol. The van der Waals surface area contributed by atoms with Crippen molar-refractivity contribution in [1.29, 1.82) is 0 Å². The first-order chi connectivity index (χ1) is 8.45. The van der Waals surface area contributed by atoms with Crippen molar-refractivity contribution in [2.75, 3.05) is 0 Å². The van der Waals surface area contributed by atoms with Crippen molar-refractivity contribution < 1.29 is 13.5 Å². The second kappa shape index (κ2) is 4.99. The summed E-state index contributed by atoms with van der Waals surface area (Å²) in [4.78, 5) is 0.257. The lowest BCUT2D eigenvalue weighted by atomic mass is 10.0. The fraction of sp³-hybridized carbons (Fsp3) is 0.538. The maximum Gasteiger partial charge on any atom is 0.241 e. The highest BCUT2D eigenvalue weighted by atomic mass is 32.2. The number of benzene rings is 1. The van der Waals surface area contributed by atoms with Crippen LogP contribution >= 0.6 is 0 Å². The van der Waals surface area contributed by atoms with Crippen molar-refractivity contribution in [3.63, 3.8) is 0 Å². The highest BCUT2D eigenvalue weighted by molar-refractivity contribution is 7.89. The van der Waals surface area contributed by atoms with Gasteiger partial charge in [-0.15, -0.1) is 0 Å². The van der Waals surface area contributed by atoms with E-state index in [0.717, 1.165) is 25.7 Å². The van der Waals surface area contributed by atoms with Gasteiger partial charge in [-0.1, -0.05) is 25.0 Å². The summed E-state index contributed by atoms with van der Waals surface area (Å²) in [6, 6.07) is 6.33. The Kier molecular flexibility index (Phi) is 3.75. The highest BCUT2D eigenvalue weighted by Gasteiger charge is 2.33. The molecule has 2 rings (SSSR count). The maximum absolute atomic E-state index is 12.2. The summed E-state index contributed by atoms with van der Waals surface area (Å²) >= 11 is 0. The van der Waals surface area contributed by atoms with Gasteiger partial charge in [-0.05, 0) is 37.5 Å². The summed E-state index contributed by atoms with van der Waals surface area (Å²) in [5.74, 6) is 0. The lowest BCUT2D eigenvalue weighted by molar-refractivity contribution is 0.281. The van der Waals surface area contributed by atoms with Gasteiger partial charge in [0.1, 0.15) is 0 Å². The van der Waals surface area contributed by atoms with E-state index in [1.54, 1.807) is 12.1 Å². The van der Waals surface area contributed by atoms with Crippen molar-refractivity contribution in [3.05, 3.63) is 29.8 Å². The molecule has 18 heavy (non-hydrogen) atoms. The van der Waals surface area contributed by atoms with Crippen molar-refractivity contribution in [1.82, 2.24) is 4.72 Å². The van der Waals surface area contributed by atoms with Gasteiger partial charge in [-0.2, -0.15) is 0 Å². The summed E-state index contributed by atoms with van der Waals surface area (Å²) in [7, 11) is -3.46. The van der Waals surface area contributed by atoms with Crippen LogP contribution < -0.4 is 4.72 Å². The molecule has 0 heterocycles. The zero-order valence-electron chi connectivity index (χ0n) is 10.5. The average molecular weight is 269 g/mol. The van der Waals surface area contributed by atoms with Gasteiger partial charge in [0.05, 0.1) is 11.5 Å². The van der Waals surface area contributed by atoms with Crippen molar-refractivity contribution >= 4 is 10.0 Å². The molecule has 0 unspecified atom stereocenters. The molecule has 0 aliphatic heterocycles. The maximum atomic E-state index is 12.2. The SMILES string of the molecule is CC1(NS(=O)(=O)c2ccc(CO)cc2)CCCC1. The molecule has 0 saturated heterocycles. The smallest absolute Gasteiger partial charge is 0.241 e. The van der Waals surface area contributed by atoms with Crippen LogP contribution in [0, 0.1) is 0 Å². The second-order valence-electron chi connectivity index (χ2n) is 5.18. The third-order valence-corrected chi connectivity index (χ3v) is 5.16. The number of aliphatic hydroxyl groups excluding tert-OH is 1. The third-order valence-electron chi connectivity index (χ3n) is 3.50. The molecule has 1 aromatic carbocycles. The predicted octanol–water partition coefficient (Wildman–Crippen LogP) is 1.79. The summed E-state index contributed by atoms with van der Waals surface area (Å²) < 4.78 is 27.2. The largest absolute Gasteiger partial charge is 0.392 e. The molecule has 5 heteroatoms. The van der Waals surface area contributed by atoms with Gasteiger partial charge in [-0.25, -0.2) is 13.1 Å². The summed E-state index contributed by atoms with van der Waals surface area (Å²) in [6.45, 7) is 1.88. The summed E-state index contributed by atoms with van der Waals surface area (Å²) in [5.41, 5.74) is 0.398. The van der Waals surface area contributed by atoms with Gasteiger partial charge in [0, 0.05) is 5.54 Å². The fourth-order valence-corrected chi connectivity index (χ4v) is 3.88. The van der Waals surface area contributed by atoms with E-state index in [4.69, 9.17) is 5.11 Å². The second-order valence-corrected chi connectivity index (χ2v) is 6.86. The van der Waals surface area contributed by atoms with Crippen molar-refractivity contribution in [3.8, 4) is 0 Å². The van der Waals surface area contributed by atoms with Crippen LogP contribution in [0.3, 0.4) is 0 Å². The van der Waals surface area contributed by atoms with E-state index in [9.17, 15) is 8.42 Å². The fourth-order valence-electron chi connectivity index (χ4n) is 2.41. The Bertz CT molecular complexity index is 502. The predicted molar refractivity (Wildman–Crippen MR) is 69.6 cm³/mol. The third kappa shape index (κ3) is 2.91. The molecule has 1 aliphatic carbocycles. The number of hydrogen-bond donors (Lipinski definition) is 2. The summed E-state index contributed by atoms with van der Waals surface area (Å²) in [6.07, 6.45) is 3.92. The minimum Gasteiger partial charge on any atom is -0.392 e. The van der Waals surface area contributed by atoms with Gasteiger partial charge < -0.3 is 5.11 Å². The molecule has 1 aromatic rings. The van der Waals surface area contributed by atoms with Crippen molar-refractivity contribution in [2.24, 2.45) is 0 Å². The molecule has 2 N–H and O–H groups in total. The standard InChI is InChI=1S/C13H19NO3S/c1-13(8-2-3-9-13)14-18(16,17)12-6-4-11(10-15)5-7-12/h4-7,14-15H,2-3,8-10H2,1H3.